The van der Waals surface area contributed by atoms with Gasteiger partial charge in [0, 0.05) is 43.2 Å². The van der Waals surface area contributed by atoms with Crippen LogP contribution in [0.25, 0.3) is 0 Å². The lowest BCUT2D eigenvalue weighted by molar-refractivity contribution is -0.385. The smallest absolute Gasteiger partial charge is 0.311 e. The number of nitrogens with one attached hydrogen (secondary N) is 2. The molecular formula is C14H18N4O3. The molecule has 2 rings (SSSR count). The molecule has 0 fully saturated rings. The molecule has 1 heterocycles. The van der Waals surface area contributed by atoms with Crippen LogP contribution in [0, 0.1) is 10.1 Å². The maximum absolute atomic E-state index is 11.0. The first-order valence-electron chi connectivity index (χ1n) is 6.84. The number of nitro benzene ring substituents is 1. The van der Waals surface area contributed by atoms with E-state index in [2.05, 4.69) is 15.3 Å². The van der Waals surface area contributed by atoms with Crippen LogP contribution in [0.1, 0.15) is 19.2 Å². The summed E-state index contributed by atoms with van der Waals surface area (Å²) in [4.78, 5) is 17.7. The Kier molecular flexibility index (Phi) is 5.14. The van der Waals surface area contributed by atoms with Crippen LogP contribution in [0.15, 0.2) is 30.6 Å². The Morgan fingerprint density at radius 3 is 3.00 bits per heavy atom. The van der Waals surface area contributed by atoms with Crippen LogP contribution >= 0.6 is 0 Å². The van der Waals surface area contributed by atoms with Crippen molar-refractivity contribution < 1.29 is 9.66 Å². The number of aromatic nitrogens is 2. The van der Waals surface area contributed by atoms with E-state index in [-0.39, 0.29) is 5.69 Å². The van der Waals surface area contributed by atoms with Crippen molar-refractivity contribution in [2.75, 3.05) is 18.5 Å². The SMILES string of the molecule is CCCOc1cc(NCCc2ncc[nH]2)ccc1[N+](=O)[O-]. The molecule has 1 aromatic carbocycles. The third kappa shape index (κ3) is 4.20. The van der Waals surface area contributed by atoms with Crippen molar-refractivity contribution in [3.8, 4) is 5.75 Å². The van der Waals surface area contributed by atoms with Crippen LogP contribution in [0.3, 0.4) is 0 Å². The Morgan fingerprint density at radius 1 is 1.48 bits per heavy atom. The third-order valence-electron chi connectivity index (χ3n) is 2.86. The molecule has 1 aromatic heterocycles. The van der Waals surface area contributed by atoms with Gasteiger partial charge < -0.3 is 15.0 Å². The van der Waals surface area contributed by atoms with E-state index in [9.17, 15) is 10.1 Å². The van der Waals surface area contributed by atoms with Gasteiger partial charge in [0.1, 0.15) is 5.82 Å². The number of nitro groups is 1. The molecule has 2 N–H and O–H groups in total. The highest BCUT2D eigenvalue weighted by molar-refractivity contribution is 5.58. The molecule has 0 unspecified atom stereocenters. The van der Waals surface area contributed by atoms with Gasteiger partial charge in [-0.1, -0.05) is 6.92 Å². The monoisotopic (exact) mass is 290 g/mol. The number of rotatable bonds is 8. The number of benzene rings is 1. The summed E-state index contributed by atoms with van der Waals surface area (Å²) in [6.07, 6.45) is 5.03. The molecule has 7 nitrogen and oxygen atoms in total. The molecule has 0 aliphatic heterocycles. The molecule has 0 bridgehead atoms. The van der Waals surface area contributed by atoms with Gasteiger partial charge in [0.05, 0.1) is 11.5 Å². The Bertz CT molecular complexity index is 584. The zero-order chi connectivity index (χ0) is 15.1. The van der Waals surface area contributed by atoms with E-state index < -0.39 is 4.92 Å². The van der Waals surface area contributed by atoms with Gasteiger partial charge in [0.2, 0.25) is 0 Å². The molecule has 0 amide bonds. The zero-order valence-corrected chi connectivity index (χ0v) is 11.8. The Labute approximate surface area is 122 Å². The van der Waals surface area contributed by atoms with Gasteiger partial charge in [-0.15, -0.1) is 0 Å². The molecule has 112 valence electrons. The van der Waals surface area contributed by atoms with E-state index in [1.807, 2.05) is 6.92 Å². The minimum absolute atomic E-state index is 0.0139. The fourth-order valence-electron chi connectivity index (χ4n) is 1.86. The molecule has 7 heteroatoms. The Hall–Kier alpha value is -2.57. The molecular weight excluding hydrogens is 272 g/mol. The molecule has 21 heavy (non-hydrogen) atoms. The lowest BCUT2D eigenvalue weighted by Crippen LogP contribution is -2.07. The number of aromatic amines is 1. The average molecular weight is 290 g/mol. The number of imidazole rings is 1. The average Bonchev–Trinajstić information content (AvgIpc) is 2.98. The molecule has 0 saturated carbocycles. The van der Waals surface area contributed by atoms with Gasteiger partial charge in [-0.05, 0) is 12.5 Å². The Balaban J connectivity index is 2.00. The molecule has 2 aromatic rings. The van der Waals surface area contributed by atoms with Crippen LogP contribution in [0.2, 0.25) is 0 Å². The minimum Gasteiger partial charge on any atom is -0.487 e. The topological polar surface area (TPSA) is 93.1 Å². The molecule has 0 atom stereocenters. The van der Waals surface area contributed by atoms with Crippen LogP contribution < -0.4 is 10.1 Å². The molecule has 0 radical (unpaired) electrons. The molecule has 0 spiro atoms. The van der Waals surface area contributed by atoms with E-state index in [0.29, 0.717) is 18.9 Å². The van der Waals surface area contributed by atoms with Crippen molar-refractivity contribution >= 4 is 11.4 Å². The van der Waals surface area contributed by atoms with Gasteiger partial charge in [-0.25, -0.2) is 4.98 Å². The lowest BCUT2D eigenvalue weighted by Gasteiger charge is -2.09. The highest BCUT2D eigenvalue weighted by atomic mass is 16.6. The highest BCUT2D eigenvalue weighted by Gasteiger charge is 2.15. The number of H-pyrrole nitrogens is 1. The summed E-state index contributed by atoms with van der Waals surface area (Å²) in [5, 5.41) is 14.2. The predicted molar refractivity (Wildman–Crippen MR) is 79.7 cm³/mol. The Morgan fingerprint density at radius 2 is 2.33 bits per heavy atom. The summed E-state index contributed by atoms with van der Waals surface area (Å²) in [6.45, 7) is 3.09. The zero-order valence-electron chi connectivity index (χ0n) is 11.8. The van der Waals surface area contributed by atoms with Crippen molar-refractivity contribution in [3.63, 3.8) is 0 Å². The largest absolute Gasteiger partial charge is 0.487 e. The van der Waals surface area contributed by atoms with Crippen molar-refractivity contribution in [3.05, 3.63) is 46.5 Å². The van der Waals surface area contributed by atoms with Gasteiger partial charge in [0.25, 0.3) is 0 Å². The van der Waals surface area contributed by atoms with Crippen molar-refractivity contribution in [1.29, 1.82) is 0 Å². The van der Waals surface area contributed by atoms with Crippen LogP contribution in [-0.4, -0.2) is 28.0 Å². The normalized spacial score (nSPS) is 10.3. The molecule has 0 aliphatic rings. The summed E-state index contributed by atoms with van der Waals surface area (Å²) >= 11 is 0. The second kappa shape index (κ2) is 7.28. The fraction of sp³-hybridized carbons (Fsp3) is 0.357. The summed E-state index contributed by atoms with van der Waals surface area (Å²) < 4.78 is 5.44. The fourth-order valence-corrected chi connectivity index (χ4v) is 1.86. The first-order chi connectivity index (χ1) is 10.2. The first kappa shape index (κ1) is 14.8. The van der Waals surface area contributed by atoms with E-state index >= 15 is 0 Å². The number of hydrogen-bond acceptors (Lipinski definition) is 5. The maximum atomic E-state index is 11.0. The second-order valence-electron chi connectivity index (χ2n) is 4.50. The van der Waals surface area contributed by atoms with Crippen LogP contribution in [0.5, 0.6) is 5.75 Å². The van der Waals surface area contributed by atoms with E-state index in [1.165, 1.54) is 6.07 Å². The quantitative estimate of drug-likeness (QED) is 0.576. The highest BCUT2D eigenvalue weighted by Crippen LogP contribution is 2.30. The number of hydrogen-bond donors (Lipinski definition) is 2. The number of anilines is 1. The van der Waals surface area contributed by atoms with Crippen LogP contribution in [-0.2, 0) is 6.42 Å². The van der Waals surface area contributed by atoms with Crippen molar-refractivity contribution in [1.82, 2.24) is 9.97 Å². The van der Waals surface area contributed by atoms with Gasteiger partial charge in [-0.2, -0.15) is 0 Å². The van der Waals surface area contributed by atoms with E-state index in [4.69, 9.17) is 4.74 Å². The van der Waals surface area contributed by atoms with Crippen molar-refractivity contribution in [2.45, 2.75) is 19.8 Å². The summed E-state index contributed by atoms with van der Waals surface area (Å²) in [5.41, 5.74) is 0.776. The van der Waals surface area contributed by atoms with E-state index in [1.54, 1.807) is 24.5 Å². The van der Waals surface area contributed by atoms with Crippen molar-refractivity contribution in [2.24, 2.45) is 0 Å². The standard InChI is InChI=1S/C14H18N4O3/c1-2-9-21-13-10-11(3-4-12(13)18(19)20)15-6-5-14-16-7-8-17-14/h3-4,7-8,10,15H,2,5-6,9H2,1H3,(H,16,17). The van der Waals surface area contributed by atoms with Gasteiger partial charge in [-0.3, -0.25) is 10.1 Å². The van der Waals surface area contributed by atoms with E-state index in [0.717, 1.165) is 24.4 Å². The molecule has 0 aliphatic carbocycles. The molecule has 0 saturated heterocycles. The summed E-state index contributed by atoms with van der Waals surface area (Å²) in [6, 6.07) is 4.80. The number of nitrogens with zero attached hydrogens (tertiary/aromatic N) is 2. The van der Waals surface area contributed by atoms with Crippen LogP contribution in [0.4, 0.5) is 11.4 Å². The first-order valence-corrected chi connectivity index (χ1v) is 6.84. The second-order valence-corrected chi connectivity index (χ2v) is 4.50. The maximum Gasteiger partial charge on any atom is 0.311 e. The summed E-state index contributed by atoms with van der Waals surface area (Å²) in [5.74, 6) is 1.19. The number of ether oxygens (including phenoxy) is 1. The predicted octanol–water partition coefficient (Wildman–Crippen LogP) is 2.76. The minimum atomic E-state index is -0.433. The third-order valence-corrected chi connectivity index (χ3v) is 2.86. The van der Waals surface area contributed by atoms with Gasteiger partial charge >= 0.3 is 5.69 Å². The lowest BCUT2D eigenvalue weighted by atomic mass is 10.2. The summed E-state index contributed by atoms with van der Waals surface area (Å²) in [7, 11) is 0. The van der Waals surface area contributed by atoms with Gasteiger partial charge in [0.15, 0.2) is 5.75 Å².